The molecule has 0 spiro atoms. The van der Waals surface area contributed by atoms with Crippen molar-refractivity contribution in [2.75, 3.05) is 13.1 Å². The quantitative estimate of drug-likeness (QED) is 0.528. The summed E-state index contributed by atoms with van der Waals surface area (Å²) in [5, 5.41) is 8.79. The molecule has 5 rings (SSSR count). The van der Waals surface area contributed by atoms with E-state index in [0.29, 0.717) is 34.0 Å². The van der Waals surface area contributed by atoms with Crippen molar-refractivity contribution in [2.24, 2.45) is 0 Å². The summed E-state index contributed by atoms with van der Waals surface area (Å²) in [5.41, 5.74) is 2.42. The van der Waals surface area contributed by atoms with Crippen molar-refractivity contribution >= 4 is 40.4 Å². The zero-order valence-corrected chi connectivity index (χ0v) is 18.1. The standard InChI is InChI=1S/C21H20Cl2N4OS/c22-15-5-6-18(17(23)10-15)27-19(13-3-4-13)16(11-25-27)21(28)26-8-1-2-14(12-26)20-24-7-9-29-20/h5-7,9-11,13-14H,1-4,8,12H2. The Hall–Kier alpha value is -1.89. The van der Waals surface area contributed by atoms with Crippen molar-refractivity contribution in [2.45, 2.75) is 37.5 Å². The van der Waals surface area contributed by atoms with Crippen LogP contribution in [0.25, 0.3) is 5.69 Å². The highest BCUT2D eigenvalue weighted by atomic mass is 35.5. The van der Waals surface area contributed by atoms with Gasteiger partial charge in [-0.25, -0.2) is 9.67 Å². The maximum Gasteiger partial charge on any atom is 0.257 e. The van der Waals surface area contributed by atoms with Gasteiger partial charge < -0.3 is 4.90 Å². The molecule has 1 unspecified atom stereocenters. The Morgan fingerprint density at radius 2 is 2.03 bits per heavy atom. The molecule has 1 saturated carbocycles. The van der Waals surface area contributed by atoms with Crippen LogP contribution in [-0.4, -0.2) is 38.7 Å². The molecule has 2 fully saturated rings. The molecule has 1 atom stereocenters. The Morgan fingerprint density at radius 1 is 1.17 bits per heavy atom. The minimum Gasteiger partial charge on any atom is -0.338 e. The van der Waals surface area contributed by atoms with Crippen LogP contribution in [0.2, 0.25) is 10.0 Å². The maximum absolute atomic E-state index is 13.5. The number of halogens is 2. The van der Waals surface area contributed by atoms with E-state index in [2.05, 4.69) is 10.1 Å². The fourth-order valence-corrected chi connectivity index (χ4v) is 5.34. The Bertz CT molecular complexity index is 1050. The van der Waals surface area contributed by atoms with Crippen molar-refractivity contribution in [3.05, 3.63) is 62.3 Å². The molecule has 1 aliphatic heterocycles. The van der Waals surface area contributed by atoms with Crippen LogP contribution in [0.1, 0.15) is 58.6 Å². The van der Waals surface area contributed by atoms with Gasteiger partial charge in [-0.1, -0.05) is 23.2 Å². The first-order chi connectivity index (χ1) is 14.1. The highest BCUT2D eigenvalue weighted by Crippen LogP contribution is 2.43. The first-order valence-electron chi connectivity index (χ1n) is 9.84. The molecule has 1 aliphatic carbocycles. The largest absolute Gasteiger partial charge is 0.338 e. The van der Waals surface area contributed by atoms with Crippen LogP contribution < -0.4 is 0 Å². The molecular weight excluding hydrogens is 427 g/mol. The summed E-state index contributed by atoms with van der Waals surface area (Å²) in [4.78, 5) is 19.9. The van der Waals surface area contributed by atoms with Crippen LogP contribution in [-0.2, 0) is 0 Å². The molecule has 0 bridgehead atoms. The lowest BCUT2D eigenvalue weighted by Crippen LogP contribution is -2.39. The van der Waals surface area contributed by atoms with E-state index in [0.717, 1.165) is 48.6 Å². The molecule has 0 N–H and O–H groups in total. The lowest BCUT2D eigenvalue weighted by Gasteiger charge is -2.32. The molecule has 2 aliphatic rings. The molecular formula is C21H20Cl2N4OS. The molecule has 5 nitrogen and oxygen atoms in total. The molecule has 3 aromatic rings. The number of likely N-dealkylation sites (tertiary alicyclic amines) is 1. The van der Waals surface area contributed by atoms with E-state index in [1.807, 2.05) is 27.2 Å². The maximum atomic E-state index is 13.5. The van der Waals surface area contributed by atoms with Crippen molar-refractivity contribution in [3.63, 3.8) is 0 Å². The molecule has 29 heavy (non-hydrogen) atoms. The molecule has 1 saturated heterocycles. The fourth-order valence-electron chi connectivity index (χ4n) is 4.09. The van der Waals surface area contributed by atoms with Gasteiger partial charge in [0.25, 0.3) is 5.91 Å². The van der Waals surface area contributed by atoms with E-state index in [4.69, 9.17) is 23.2 Å². The average Bonchev–Trinajstić information content (AvgIpc) is 3.24. The summed E-state index contributed by atoms with van der Waals surface area (Å²) >= 11 is 14.2. The number of aromatic nitrogens is 3. The molecule has 0 radical (unpaired) electrons. The van der Waals surface area contributed by atoms with Gasteiger partial charge in [-0.05, 0) is 43.9 Å². The molecule has 1 amide bonds. The van der Waals surface area contributed by atoms with Gasteiger partial charge in [-0.2, -0.15) is 5.10 Å². The van der Waals surface area contributed by atoms with Crippen LogP contribution >= 0.6 is 34.5 Å². The van der Waals surface area contributed by atoms with Gasteiger partial charge in [0.15, 0.2) is 0 Å². The molecule has 3 heterocycles. The third-order valence-corrected chi connectivity index (χ3v) is 7.12. The normalized spacial score (nSPS) is 19.5. The fraction of sp³-hybridized carbons (Fsp3) is 0.381. The second kappa shape index (κ2) is 7.74. The number of carbonyl (C=O) groups is 1. The van der Waals surface area contributed by atoms with E-state index in [9.17, 15) is 4.79 Å². The van der Waals surface area contributed by atoms with Gasteiger partial charge >= 0.3 is 0 Å². The van der Waals surface area contributed by atoms with Gasteiger partial charge in [0.05, 0.1) is 33.2 Å². The van der Waals surface area contributed by atoms with Crippen LogP contribution in [0.15, 0.2) is 36.0 Å². The monoisotopic (exact) mass is 446 g/mol. The smallest absolute Gasteiger partial charge is 0.257 e. The number of rotatable bonds is 4. The highest BCUT2D eigenvalue weighted by Gasteiger charge is 2.36. The number of benzene rings is 1. The van der Waals surface area contributed by atoms with Gasteiger partial charge in [0, 0.05) is 41.5 Å². The van der Waals surface area contributed by atoms with Crippen molar-refractivity contribution in [1.82, 2.24) is 19.7 Å². The minimum atomic E-state index is 0.0597. The van der Waals surface area contributed by atoms with Crippen molar-refractivity contribution < 1.29 is 4.79 Å². The number of piperidine rings is 1. The average molecular weight is 447 g/mol. The van der Waals surface area contributed by atoms with Gasteiger partial charge in [-0.3, -0.25) is 4.79 Å². The Morgan fingerprint density at radius 3 is 2.76 bits per heavy atom. The third-order valence-electron chi connectivity index (χ3n) is 5.65. The lowest BCUT2D eigenvalue weighted by molar-refractivity contribution is 0.0706. The Balaban J connectivity index is 1.46. The number of nitrogens with zero attached hydrogens (tertiary/aromatic N) is 4. The zero-order chi connectivity index (χ0) is 20.0. The van der Waals surface area contributed by atoms with Gasteiger partial charge in [-0.15, -0.1) is 11.3 Å². The molecule has 150 valence electrons. The van der Waals surface area contributed by atoms with Crippen molar-refractivity contribution in [3.8, 4) is 5.69 Å². The number of carbonyl (C=O) groups excluding carboxylic acids is 1. The van der Waals surface area contributed by atoms with Gasteiger partial charge in [0.2, 0.25) is 0 Å². The molecule has 2 aromatic heterocycles. The van der Waals surface area contributed by atoms with Crippen LogP contribution in [0.4, 0.5) is 0 Å². The number of hydrogen-bond acceptors (Lipinski definition) is 4. The van der Waals surface area contributed by atoms with Crippen LogP contribution in [0.3, 0.4) is 0 Å². The first-order valence-corrected chi connectivity index (χ1v) is 11.5. The van der Waals surface area contributed by atoms with E-state index >= 15 is 0 Å². The Labute approximate surface area is 183 Å². The molecule has 1 aromatic carbocycles. The van der Waals surface area contributed by atoms with Gasteiger partial charge in [0.1, 0.15) is 0 Å². The van der Waals surface area contributed by atoms with E-state index in [1.54, 1.807) is 29.7 Å². The third kappa shape index (κ3) is 3.69. The van der Waals surface area contributed by atoms with E-state index < -0.39 is 0 Å². The summed E-state index contributed by atoms with van der Waals surface area (Å²) in [7, 11) is 0. The SMILES string of the molecule is O=C(c1cnn(-c2ccc(Cl)cc2Cl)c1C1CC1)N1CCCC(c2nccs2)C1. The summed E-state index contributed by atoms with van der Waals surface area (Å²) in [6.07, 6.45) is 7.75. The predicted molar refractivity (Wildman–Crippen MR) is 116 cm³/mol. The van der Waals surface area contributed by atoms with Crippen molar-refractivity contribution in [1.29, 1.82) is 0 Å². The molecule has 8 heteroatoms. The van der Waals surface area contributed by atoms with Crippen LogP contribution in [0.5, 0.6) is 0 Å². The zero-order valence-electron chi connectivity index (χ0n) is 15.7. The second-order valence-corrected chi connectivity index (χ2v) is 9.46. The van der Waals surface area contributed by atoms with Crippen LogP contribution in [0, 0.1) is 0 Å². The topological polar surface area (TPSA) is 51.0 Å². The summed E-state index contributed by atoms with van der Waals surface area (Å²) in [6, 6.07) is 5.37. The van der Waals surface area contributed by atoms with E-state index in [1.165, 1.54) is 0 Å². The second-order valence-electron chi connectivity index (χ2n) is 7.69. The lowest BCUT2D eigenvalue weighted by atomic mass is 9.98. The van der Waals surface area contributed by atoms with E-state index in [-0.39, 0.29) is 5.91 Å². The minimum absolute atomic E-state index is 0.0597. The predicted octanol–water partition coefficient (Wildman–Crippen LogP) is 5.53. The number of hydrogen-bond donors (Lipinski definition) is 0. The Kier molecular flexibility index (Phi) is 5.10. The summed E-state index contributed by atoms with van der Waals surface area (Å²) < 4.78 is 1.83. The first kappa shape index (κ1) is 19.1. The summed E-state index contributed by atoms with van der Waals surface area (Å²) in [6.45, 7) is 1.49. The highest BCUT2D eigenvalue weighted by molar-refractivity contribution is 7.09. The number of amides is 1. The summed E-state index contributed by atoms with van der Waals surface area (Å²) in [5.74, 6) is 0.727. The number of thiazole rings is 1.